The van der Waals surface area contributed by atoms with E-state index in [2.05, 4.69) is 31.0 Å². The molecular formula is C23H32N2O2. The van der Waals surface area contributed by atoms with Gasteiger partial charge in [-0.05, 0) is 84.3 Å². The van der Waals surface area contributed by atoms with Crippen molar-refractivity contribution < 1.29 is 9.90 Å². The maximum absolute atomic E-state index is 11.4. The molecule has 2 saturated carbocycles. The molecule has 146 valence electrons. The Morgan fingerprint density at radius 3 is 2.81 bits per heavy atom. The molecule has 1 unspecified atom stereocenters. The van der Waals surface area contributed by atoms with Crippen LogP contribution in [0.5, 0.6) is 0 Å². The Hall–Kier alpha value is -1.68. The quantitative estimate of drug-likeness (QED) is 0.845. The summed E-state index contributed by atoms with van der Waals surface area (Å²) in [4.78, 5) is 15.7. The molecule has 3 N–H and O–H groups in total. The van der Waals surface area contributed by atoms with E-state index in [1.165, 1.54) is 11.1 Å². The van der Waals surface area contributed by atoms with Gasteiger partial charge in [0.15, 0.2) is 0 Å². The van der Waals surface area contributed by atoms with Gasteiger partial charge in [-0.15, -0.1) is 0 Å². The molecule has 0 aliphatic heterocycles. The molecule has 1 heterocycles. The highest BCUT2D eigenvalue weighted by Gasteiger charge is 2.57. The van der Waals surface area contributed by atoms with Crippen molar-refractivity contribution in [3.63, 3.8) is 0 Å². The van der Waals surface area contributed by atoms with E-state index in [9.17, 15) is 9.90 Å². The molecule has 0 radical (unpaired) electrons. The number of carbonyl (C=O) groups excluding carboxylic acids is 1. The lowest BCUT2D eigenvalue weighted by atomic mass is 9.48. The standard InChI is InChI=1S/C23H32N2O2/c1-22-11-9-19-16(5-8-20(26)23(19,2)12-10-21(24)27)18(22)7-6-17(22)15-4-3-13-25-14-15/h3-4,6,13-14,16,18-20,26H,5,7-12H2,1-2H3,(H2,24,27)/t16-,18-,19-,20?,22+,23+/m0/s1. The van der Waals surface area contributed by atoms with E-state index in [4.69, 9.17) is 5.73 Å². The van der Waals surface area contributed by atoms with Crippen molar-refractivity contribution in [3.8, 4) is 0 Å². The van der Waals surface area contributed by atoms with Gasteiger partial charge in [0.2, 0.25) is 5.91 Å². The van der Waals surface area contributed by atoms with Gasteiger partial charge in [-0.3, -0.25) is 9.78 Å². The van der Waals surface area contributed by atoms with Gasteiger partial charge in [-0.25, -0.2) is 0 Å². The minimum Gasteiger partial charge on any atom is -0.393 e. The van der Waals surface area contributed by atoms with Gasteiger partial charge in [0.05, 0.1) is 6.10 Å². The number of aliphatic hydroxyl groups excluding tert-OH is 1. The summed E-state index contributed by atoms with van der Waals surface area (Å²) in [6.45, 7) is 4.63. The number of aliphatic hydroxyl groups is 1. The summed E-state index contributed by atoms with van der Waals surface area (Å²) in [5, 5.41) is 10.8. The predicted molar refractivity (Wildman–Crippen MR) is 106 cm³/mol. The van der Waals surface area contributed by atoms with Crippen LogP contribution < -0.4 is 5.73 Å². The Labute approximate surface area is 162 Å². The lowest BCUT2D eigenvalue weighted by Gasteiger charge is -2.57. The summed E-state index contributed by atoms with van der Waals surface area (Å²) in [7, 11) is 0. The first-order valence-electron chi connectivity index (χ1n) is 10.4. The topological polar surface area (TPSA) is 76.2 Å². The maximum atomic E-state index is 11.4. The molecule has 3 aliphatic carbocycles. The highest BCUT2D eigenvalue weighted by atomic mass is 16.3. The van der Waals surface area contributed by atoms with E-state index in [-0.39, 0.29) is 22.8 Å². The van der Waals surface area contributed by atoms with Gasteiger partial charge < -0.3 is 10.8 Å². The molecule has 6 atom stereocenters. The van der Waals surface area contributed by atoms with Crippen molar-refractivity contribution in [1.82, 2.24) is 4.98 Å². The third-order valence-corrected chi connectivity index (χ3v) is 8.28. The van der Waals surface area contributed by atoms with E-state index in [0.717, 1.165) is 32.1 Å². The maximum Gasteiger partial charge on any atom is 0.217 e. The van der Waals surface area contributed by atoms with Crippen molar-refractivity contribution >= 4 is 11.5 Å². The summed E-state index contributed by atoms with van der Waals surface area (Å²) in [6.07, 6.45) is 12.3. The van der Waals surface area contributed by atoms with Crippen molar-refractivity contribution in [1.29, 1.82) is 0 Å². The van der Waals surface area contributed by atoms with Crippen molar-refractivity contribution in [3.05, 3.63) is 36.2 Å². The largest absolute Gasteiger partial charge is 0.393 e. The summed E-state index contributed by atoms with van der Waals surface area (Å²) in [5.74, 6) is 1.44. The number of amides is 1. The van der Waals surface area contributed by atoms with Crippen molar-refractivity contribution in [2.45, 2.75) is 64.9 Å². The van der Waals surface area contributed by atoms with Crippen LogP contribution in [0.3, 0.4) is 0 Å². The molecule has 0 bridgehead atoms. The molecule has 3 aliphatic rings. The van der Waals surface area contributed by atoms with Gasteiger partial charge in [-0.1, -0.05) is 26.0 Å². The second-order valence-electron chi connectivity index (χ2n) is 9.49. The Morgan fingerprint density at radius 1 is 1.30 bits per heavy atom. The molecule has 2 fully saturated rings. The first kappa shape index (κ1) is 18.7. The van der Waals surface area contributed by atoms with Crippen LogP contribution >= 0.6 is 0 Å². The van der Waals surface area contributed by atoms with Crippen LogP contribution in [-0.2, 0) is 4.79 Å². The molecule has 4 rings (SSSR count). The number of allylic oxidation sites excluding steroid dienone is 2. The Balaban J connectivity index is 1.61. The van der Waals surface area contributed by atoms with Crippen molar-refractivity contribution in [2.75, 3.05) is 0 Å². The fraction of sp³-hybridized carbons (Fsp3) is 0.652. The molecule has 0 aromatic carbocycles. The van der Waals surface area contributed by atoms with E-state index >= 15 is 0 Å². The highest BCUT2D eigenvalue weighted by Crippen LogP contribution is 2.65. The lowest BCUT2D eigenvalue weighted by molar-refractivity contribution is -0.129. The second kappa shape index (κ2) is 6.73. The number of nitrogens with zero attached hydrogens (tertiary/aromatic N) is 1. The molecule has 1 aromatic rings. The average Bonchev–Trinajstić information content (AvgIpc) is 3.01. The predicted octanol–water partition coefficient (Wildman–Crippen LogP) is 3.94. The average molecular weight is 369 g/mol. The van der Waals surface area contributed by atoms with Gasteiger partial charge >= 0.3 is 0 Å². The summed E-state index contributed by atoms with van der Waals surface area (Å²) < 4.78 is 0. The fourth-order valence-corrected chi connectivity index (χ4v) is 6.72. The Morgan fingerprint density at radius 2 is 2.11 bits per heavy atom. The Bertz CT molecular complexity index is 746. The fourth-order valence-electron chi connectivity index (χ4n) is 6.72. The number of fused-ring (bicyclic) bond motifs is 3. The number of hydrogen-bond donors (Lipinski definition) is 2. The van der Waals surface area contributed by atoms with Crippen LogP contribution in [0.2, 0.25) is 0 Å². The van der Waals surface area contributed by atoms with E-state index < -0.39 is 0 Å². The first-order chi connectivity index (χ1) is 12.9. The molecule has 0 saturated heterocycles. The van der Waals surface area contributed by atoms with Gasteiger partial charge in [0, 0.05) is 18.8 Å². The van der Waals surface area contributed by atoms with E-state index in [0.29, 0.717) is 30.6 Å². The number of hydrogen-bond acceptors (Lipinski definition) is 3. The number of carbonyl (C=O) groups is 1. The summed E-state index contributed by atoms with van der Waals surface area (Å²) in [6, 6.07) is 4.20. The Kier molecular flexibility index (Phi) is 4.66. The van der Waals surface area contributed by atoms with Gasteiger partial charge in [-0.2, -0.15) is 0 Å². The van der Waals surface area contributed by atoms with Crippen LogP contribution in [0.15, 0.2) is 30.6 Å². The van der Waals surface area contributed by atoms with Crippen LogP contribution in [0, 0.1) is 28.6 Å². The van der Waals surface area contributed by atoms with Gasteiger partial charge in [0.25, 0.3) is 0 Å². The third kappa shape index (κ3) is 2.93. The monoisotopic (exact) mass is 368 g/mol. The van der Waals surface area contributed by atoms with Crippen LogP contribution in [-0.4, -0.2) is 22.1 Å². The molecule has 0 spiro atoms. The summed E-state index contributed by atoms with van der Waals surface area (Å²) >= 11 is 0. The molecule has 4 heteroatoms. The SMILES string of the molecule is C[C@]1(CCC(N)=O)C(O)CC[C@@H]2[C@@H]1CC[C@]1(C)C(c3cccnc3)=CC[C@@H]21. The molecule has 4 nitrogen and oxygen atoms in total. The van der Waals surface area contributed by atoms with Crippen LogP contribution in [0.4, 0.5) is 0 Å². The number of primary amides is 1. The van der Waals surface area contributed by atoms with E-state index in [1.807, 2.05) is 18.5 Å². The number of rotatable bonds is 4. The zero-order valence-electron chi connectivity index (χ0n) is 16.5. The van der Waals surface area contributed by atoms with Crippen molar-refractivity contribution in [2.24, 2.45) is 34.3 Å². The third-order valence-electron chi connectivity index (χ3n) is 8.28. The molecule has 27 heavy (non-hydrogen) atoms. The zero-order chi connectivity index (χ0) is 19.2. The van der Waals surface area contributed by atoms with Crippen LogP contribution in [0.1, 0.15) is 64.4 Å². The number of nitrogens with two attached hydrogens (primary N) is 1. The zero-order valence-corrected chi connectivity index (χ0v) is 16.5. The molecule has 1 aromatic heterocycles. The lowest BCUT2D eigenvalue weighted by Crippen LogP contribution is -2.53. The highest BCUT2D eigenvalue weighted by molar-refractivity contribution is 5.74. The minimum atomic E-state index is -0.324. The summed E-state index contributed by atoms with van der Waals surface area (Å²) in [5.41, 5.74) is 8.15. The van der Waals surface area contributed by atoms with E-state index in [1.54, 1.807) is 0 Å². The number of pyridine rings is 1. The number of aromatic nitrogens is 1. The second-order valence-corrected chi connectivity index (χ2v) is 9.49. The first-order valence-corrected chi connectivity index (χ1v) is 10.4. The molecular weight excluding hydrogens is 336 g/mol. The minimum absolute atomic E-state index is 0.192. The van der Waals surface area contributed by atoms with Gasteiger partial charge in [0.1, 0.15) is 0 Å². The normalized spacial score (nSPS) is 40.8. The smallest absolute Gasteiger partial charge is 0.217 e. The molecule has 1 amide bonds. The van der Waals surface area contributed by atoms with Crippen LogP contribution in [0.25, 0.3) is 5.57 Å².